The van der Waals surface area contributed by atoms with E-state index in [1.807, 2.05) is 12.1 Å². The van der Waals surface area contributed by atoms with Crippen LogP contribution >= 0.6 is 15.9 Å². The number of aldehydes is 1. The quantitative estimate of drug-likeness (QED) is 0.782. The monoisotopic (exact) mass is 322 g/mol. The smallest absolute Gasteiger partial charge is 0.152 e. The molecule has 2 heterocycles. The minimum absolute atomic E-state index is 0.631. The molecule has 2 saturated heterocycles. The predicted octanol–water partition coefficient (Wildman–Crippen LogP) is 2.93. The fraction of sp³-hybridized carbons (Fsp3) is 0.533. The average Bonchev–Trinajstić information content (AvgIpc) is 2.63. The Kier molecular flexibility index (Phi) is 3.63. The van der Waals surface area contributed by atoms with Gasteiger partial charge >= 0.3 is 0 Å². The summed E-state index contributed by atoms with van der Waals surface area (Å²) in [7, 11) is 2.24. The highest BCUT2D eigenvalue weighted by atomic mass is 79.9. The highest BCUT2D eigenvalue weighted by Gasteiger charge is 2.35. The van der Waals surface area contributed by atoms with Crippen molar-refractivity contribution in [2.75, 3.05) is 25.0 Å². The van der Waals surface area contributed by atoms with E-state index >= 15 is 0 Å². The fourth-order valence-electron chi connectivity index (χ4n) is 3.42. The number of anilines is 1. The summed E-state index contributed by atoms with van der Waals surface area (Å²) in [6.45, 7) is 2.08. The predicted molar refractivity (Wildman–Crippen MR) is 80.9 cm³/mol. The molecular formula is C15H19BrN2O. The number of likely N-dealkylation sites (N-methyl/N-ethyl adjacent to an activating group) is 1. The molecule has 1 aromatic rings. The molecule has 0 aliphatic carbocycles. The summed E-state index contributed by atoms with van der Waals surface area (Å²) in [5, 5.41) is 0. The molecule has 2 aliphatic heterocycles. The van der Waals surface area contributed by atoms with E-state index in [4.69, 9.17) is 0 Å². The van der Waals surface area contributed by atoms with E-state index in [9.17, 15) is 4.79 Å². The number of carbonyl (C=O) groups is 1. The Balaban J connectivity index is 1.90. The molecule has 0 N–H and O–H groups in total. The Bertz CT molecular complexity index is 491. The van der Waals surface area contributed by atoms with E-state index in [0.717, 1.165) is 41.1 Å². The average molecular weight is 323 g/mol. The van der Waals surface area contributed by atoms with Crippen LogP contribution in [0.4, 0.5) is 5.69 Å². The lowest BCUT2D eigenvalue weighted by atomic mass is 10.1. The van der Waals surface area contributed by atoms with Crippen molar-refractivity contribution in [2.24, 2.45) is 0 Å². The third kappa shape index (κ3) is 2.43. The highest BCUT2D eigenvalue weighted by molar-refractivity contribution is 9.10. The van der Waals surface area contributed by atoms with Crippen molar-refractivity contribution in [2.45, 2.75) is 31.3 Å². The lowest BCUT2D eigenvalue weighted by Crippen LogP contribution is -2.37. The lowest BCUT2D eigenvalue weighted by molar-refractivity contribution is 0.112. The minimum Gasteiger partial charge on any atom is -0.369 e. The third-order valence-corrected chi connectivity index (χ3v) is 5.10. The van der Waals surface area contributed by atoms with Crippen molar-refractivity contribution in [3.63, 3.8) is 0 Å². The topological polar surface area (TPSA) is 23.6 Å². The molecule has 0 amide bonds. The maximum absolute atomic E-state index is 11.2. The number of benzene rings is 1. The van der Waals surface area contributed by atoms with Gasteiger partial charge in [-0.1, -0.05) is 15.9 Å². The summed E-state index contributed by atoms with van der Waals surface area (Å²) in [5.74, 6) is 0. The second-order valence-electron chi connectivity index (χ2n) is 5.61. The van der Waals surface area contributed by atoms with Crippen molar-refractivity contribution in [3.05, 3.63) is 28.2 Å². The van der Waals surface area contributed by atoms with Crippen LogP contribution in [0, 0.1) is 0 Å². The largest absolute Gasteiger partial charge is 0.369 e. The number of carbonyl (C=O) groups excluding carboxylic acids is 1. The van der Waals surface area contributed by atoms with Gasteiger partial charge in [-0.25, -0.2) is 0 Å². The molecule has 0 spiro atoms. The van der Waals surface area contributed by atoms with Crippen LogP contribution in [0.1, 0.15) is 29.6 Å². The van der Waals surface area contributed by atoms with E-state index in [-0.39, 0.29) is 0 Å². The minimum atomic E-state index is 0.631. The lowest BCUT2D eigenvalue weighted by Gasteiger charge is -2.28. The molecule has 2 atom stereocenters. The Hall–Kier alpha value is -0.870. The molecule has 0 radical (unpaired) electrons. The zero-order valence-corrected chi connectivity index (χ0v) is 12.8. The zero-order valence-electron chi connectivity index (χ0n) is 11.2. The Morgan fingerprint density at radius 2 is 2.05 bits per heavy atom. The highest BCUT2D eigenvalue weighted by Crippen LogP contribution is 2.32. The van der Waals surface area contributed by atoms with Gasteiger partial charge in [0, 0.05) is 40.9 Å². The normalized spacial score (nSPS) is 27.4. The number of fused-ring (bicyclic) bond motifs is 2. The maximum Gasteiger partial charge on any atom is 0.152 e. The van der Waals surface area contributed by atoms with Crippen molar-refractivity contribution in [3.8, 4) is 0 Å². The summed E-state index contributed by atoms with van der Waals surface area (Å²) in [6, 6.07) is 7.26. The van der Waals surface area contributed by atoms with Gasteiger partial charge in [-0.15, -0.1) is 0 Å². The first-order valence-corrected chi connectivity index (χ1v) is 7.70. The Morgan fingerprint density at radius 3 is 2.84 bits per heavy atom. The van der Waals surface area contributed by atoms with Crippen LogP contribution in [0.5, 0.6) is 0 Å². The van der Waals surface area contributed by atoms with Crippen molar-refractivity contribution in [1.82, 2.24) is 4.90 Å². The zero-order chi connectivity index (χ0) is 13.4. The summed E-state index contributed by atoms with van der Waals surface area (Å²) < 4.78 is 1.04. The summed E-state index contributed by atoms with van der Waals surface area (Å²) in [4.78, 5) is 16.1. The number of nitrogens with zero attached hydrogens (tertiary/aromatic N) is 2. The first-order chi connectivity index (χ1) is 9.19. The molecule has 1 aromatic carbocycles. The molecular weight excluding hydrogens is 304 g/mol. The maximum atomic E-state index is 11.2. The molecule has 0 saturated carbocycles. The molecule has 4 heteroatoms. The molecule has 0 aromatic heterocycles. The van der Waals surface area contributed by atoms with Crippen LogP contribution in [-0.4, -0.2) is 43.4 Å². The summed E-state index contributed by atoms with van der Waals surface area (Å²) in [5.41, 5.74) is 1.87. The van der Waals surface area contributed by atoms with Crippen molar-refractivity contribution >= 4 is 27.9 Å². The van der Waals surface area contributed by atoms with Gasteiger partial charge in [0.15, 0.2) is 6.29 Å². The third-order valence-electron chi connectivity index (χ3n) is 4.61. The van der Waals surface area contributed by atoms with Crippen LogP contribution in [0.2, 0.25) is 0 Å². The van der Waals surface area contributed by atoms with Crippen LogP contribution in [-0.2, 0) is 0 Å². The molecule has 19 heavy (non-hydrogen) atoms. The number of halogens is 1. The van der Waals surface area contributed by atoms with E-state index < -0.39 is 0 Å². The van der Waals surface area contributed by atoms with E-state index in [0.29, 0.717) is 6.04 Å². The van der Waals surface area contributed by atoms with E-state index in [1.54, 1.807) is 0 Å². The van der Waals surface area contributed by atoms with Gasteiger partial charge in [0.25, 0.3) is 0 Å². The van der Waals surface area contributed by atoms with Gasteiger partial charge in [-0.05, 0) is 44.5 Å². The van der Waals surface area contributed by atoms with Gasteiger partial charge in [-0.3, -0.25) is 9.69 Å². The SMILES string of the molecule is CN1C2CCC1CN(c1cc(Br)ccc1C=O)CC2. The van der Waals surface area contributed by atoms with Gasteiger partial charge < -0.3 is 4.90 Å². The van der Waals surface area contributed by atoms with Gasteiger partial charge in [0.1, 0.15) is 0 Å². The van der Waals surface area contributed by atoms with Gasteiger partial charge in [0.2, 0.25) is 0 Å². The Labute approximate surface area is 122 Å². The van der Waals surface area contributed by atoms with Crippen LogP contribution < -0.4 is 4.90 Å². The fourth-order valence-corrected chi connectivity index (χ4v) is 3.77. The molecule has 2 unspecified atom stereocenters. The van der Waals surface area contributed by atoms with Crippen molar-refractivity contribution < 1.29 is 4.79 Å². The first-order valence-electron chi connectivity index (χ1n) is 6.90. The van der Waals surface area contributed by atoms with Gasteiger partial charge in [0.05, 0.1) is 0 Å². The van der Waals surface area contributed by atoms with Crippen molar-refractivity contribution in [1.29, 1.82) is 0 Å². The van der Waals surface area contributed by atoms with E-state index in [1.165, 1.54) is 19.3 Å². The van der Waals surface area contributed by atoms with E-state index in [2.05, 4.69) is 38.8 Å². The standard InChI is InChI=1S/C15H19BrN2O/c1-17-13-4-5-14(17)9-18(7-6-13)15-8-12(16)3-2-11(15)10-19/h2-3,8,10,13-14H,4-7,9H2,1H3. The first kappa shape index (κ1) is 13.1. The number of hydrogen-bond acceptors (Lipinski definition) is 3. The Morgan fingerprint density at radius 1 is 1.26 bits per heavy atom. The molecule has 2 aliphatic rings. The molecule has 102 valence electrons. The van der Waals surface area contributed by atoms with Crippen LogP contribution in [0.15, 0.2) is 22.7 Å². The number of hydrogen-bond donors (Lipinski definition) is 0. The molecule has 2 bridgehead atoms. The van der Waals surface area contributed by atoms with Gasteiger partial charge in [-0.2, -0.15) is 0 Å². The van der Waals surface area contributed by atoms with Crippen LogP contribution in [0.25, 0.3) is 0 Å². The second-order valence-corrected chi connectivity index (χ2v) is 6.52. The second kappa shape index (κ2) is 5.25. The summed E-state index contributed by atoms with van der Waals surface area (Å²) in [6.07, 6.45) is 4.77. The molecule has 3 rings (SSSR count). The van der Waals surface area contributed by atoms with Crippen LogP contribution in [0.3, 0.4) is 0 Å². The number of rotatable bonds is 2. The molecule has 2 fully saturated rings. The molecule has 3 nitrogen and oxygen atoms in total. The summed E-state index contributed by atoms with van der Waals surface area (Å²) >= 11 is 3.51.